The Hall–Kier alpha value is -1.88. The van der Waals surface area contributed by atoms with Crippen LogP contribution in [0.1, 0.15) is 48.9 Å². The van der Waals surface area contributed by atoms with Crippen molar-refractivity contribution in [3.8, 4) is 0 Å². The van der Waals surface area contributed by atoms with Crippen LogP contribution in [0, 0.1) is 23.2 Å². The van der Waals surface area contributed by atoms with E-state index in [1.54, 1.807) is 12.1 Å². The van der Waals surface area contributed by atoms with Crippen molar-refractivity contribution in [2.75, 3.05) is 13.2 Å². The third-order valence-electron chi connectivity index (χ3n) is 6.68. The lowest BCUT2D eigenvalue weighted by atomic mass is 9.47. The van der Waals surface area contributed by atoms with E-state index in [0.29, 0.717) is 23.3 Å². The van der Waals surface area contributed by atoms with E-state index in [-0.39, 0.29) is 30.4 Å². The van der Waals surface area contributed by atoms with Gasteiger partial charge < -0.3 is 15.7 Å². The molecule has 0 aromatic heterocycles. The Morgan fingerprint density at radius 2 is 1.62 bits per heavy atom. The molecule has 1 aromatic rings. The number of amides is 2. The van der Waals surface area contributed by atoms with Crippen molar-refractivity contribution >= 4 is 11.8 Å². The van der Waals surface area contributed by atoms with Gasteiger partial charge in [-0.05, 0) is 68.4 Å². The average molecular weight is 356 g/mol. The van der Waals surface area contributed by atoms with Crippen LogP contribution in [-0.4, -0.2) is 36.1 Å². The first-order chi connectivity index (χ1) is 12.6. The predicted molar refractivity (Wildman–Crippen MR) is 98.4 cm³/mol. The number of carbonyl (C=O) groups is 2. The Morgan fingerprint density at radius 3 is 2.15 bits per heavy atom. The minimum atomic E-state index is -0.518. The highest BCUT2D eigenvalue weighted by Gasteiger charge is 2.56. The molecular weight excluding hydrogens is 328 g/mol. The summed E-state index contributed by atoms with van der Waals surface area (Å²) in [7, 11) is 0. The van der Waals surface area contributed by atoms with Crippen LogP contribution in [0.3, 0.4) is 0 Å². The third kappa shape index (κ3) is 3.25. The summed E-state index contributed by atoms with van der Waals surface area (Å²) in [6.07, 6.45) is 6.96. The quantitative estimate of drug-likeness (QED) is 0.730. The van der Waals surface area contributed by atoms with E-state index in [1.807, 2.05) is 18.2 Å². The summed E-state index contributed by atoms with van der Waals surface area (Å²) in [4.78, 5) is 25.7. The predicted octanol–water partition coefficient (Wildman–Crippen LogP) is 2.11. The van der Waals surface area contributed by atoms with Crippen LogP contribution in [0.5, 0.6) is 0 Å². The second-order valence-corrected chi connectivity index (χ2v) is 8.57. The van der Waals surface area contributed by atoms with Crippen LogP contribution in [0.25, 0.3) is 0 Å². The molecule has 4 aliphatic carbocycles. The molecule has 4 fully saturated rings. The zero-order chi connectivity index (χ0) is 18.1. The second-order valence-electron chi connectivity index (χ2n) is 8.57. The van der Waals surface area contributed by atoms with E-state index in [0.717, 1.165) is 19.3 Å². The maximum atomic E-state index is 12.9. The van der Waals surface area contributed by atoms with Crippen LogP contribution in [-0.2, 0) is 4.79 Å². The van der Waals surface area contributed by atoms with E-state index in [1.165, 1.54) is 19.3 Å². The molecule has 3 N–H and O–H groups in total. The fraction of sp³-hybridized carbons (Fsp3) is 0.619. The Balaban J connectivity index is 1.59. The lowest BCUT2D eigenvalue weighted by molar-refractivity contribution is -0.134. The molecule has 1 atom stereocenters. The number of hydrogen-bond acceptors (Lipinski definition) is 3. The largest absolute Gasteiger partial charge is 0.395 e. The summed E-state index contributed by atoms with van der Waals surface area (Å²) >= 11 is 0. The Bertz CT molecular complexity index is 638. The molecule has 4 bridgehead atoms. The molecule has 5 nitrogen and oxygen atoms in total. The van der Waals surface area contributed by atoms with Gasteiger partial charge in [0.25, 0.3) is 5.91 Å². The standard InChI is InChI=1S/C21H28N2O3/c24-7-6-22-20(26)18(23-19(25)17-4-2-1-3-5-17)21-11-14-8-15(12-21)10-16(9-14)13-21/h1-5,14-16,18,24H,6-13H2,(H,22,26)(H,23,25)/t14?,15?,16?,18-,21?/m0/s1. The first-order valence-electron chi connectivity index (χ1n) is 9.84. The number of rotatable bonds is 6. The molecule has 26 heavy (non-hydrogen) atoms. The first kappa shape index (κ1) is 17.5. The summed E-state index contributed by atoms with van der Waals surface area (Å²) < 4.78 is 0. The normalized spacial score (nSPS) is 32.9. The van der Waals surface area contributed by atoms with Gasteiger partial charge in [0.2, 0.25) is 5.91 Å². The van der Waals surface area contributed by atoms with E-state index in [2.05, 4.69) is 10.6 Å². The second kappa shape index (κ2) is 7.03. The number of aliphatic hydroxyl groups excluding tert-OH is 1. The highest BCUT2D eigenvalue weighted by atomic mass is 16.3. The van der Waals surface area contributed by atoms with E-state index < -0.39 is 6.04 Å². The summed E-state index contributed by atoms with van der Waals surface area (Å²) in [6, 6.07) is 8.58. The number of hydrogen-bond donors (Lipinski definition) is 3. The number of aliphatic hydroxyl groups is 1. The molecule has 4 saturated carbocycles. The summed E-state index contributed by atoms with van der Waals surface area (Å²) in [5.74, 6) is 1.75. The van der Waals surface area contributed by atoms with Gasteiger partial charge in [-0.1, -0.05) is 18.2 Å². The van der Waals surface area contributed by atoms with Gasteiger partial charge in [-0.2, -0.15) is 0 Å². The van der Waals surface area contributed by atoms with Gasteiger partial charge in [-0.25, -0.2) is 0 Å². The van der Waals surface area contributed by atoms with Crippen LogP contribution in [0.2, 0.25) is 0 Å². The maximum absolute atomic E-state index is 12.9. The highest BCUT2D eigenvalue weighted by molar-refractivity contribution is 5.97. The fourth-order valence-corrected chi connectivity index (χ4v) is 6.11. The molecule has 0 aliphatic heterocycles. The minimum absolute atomic E-state index is 0.0913. The molecule has 4 aliphatic rings. The van der Waals surface area contributed by atoms with Crippen molar-refractivity contribution < 1.29 is 14.7 Å². The van der Waals surface area contributed by atoms with Gasteiger partial charge in [0.1, 0.15) is 6.04 Å². The van der Waals surface area contributed by atoms with Gasteiger partial charge in [0, 0.05) is 17.5 Å². The molecule has 5 rings (SSSR count). The molecule has 0 unspecified atom stereocenters. The smallest absolute Gasteiger partial charge is 0.251 e. The topological polar surface area (TPSA) is 78.4 Å². The molecule has 2 amide bonds. The van der Waals surface area contributed by atoms with Crippen LogP contribution < -0.4 is 10.6 Å². The van der Waals surface area contributed by atoms with E-state index in [4.69, 9.17) is 5.11 Å². The van der Waals surface area contributed by atoms with Crippen molar-refractivity contribution in [2.24, 2.45) is 23.2 Å². The summed E-state index contributed by atoms with van der Waals surface area (Å²) in [6.45, 7) is 0.134. The van der Waals surface area contributed by atoms with Crippen LogP contribution >= 0.6 is 0 Å². The summed E-state index contributed by atoms with van der Waals surface area (Å²) in [5.41, 5.74) is 0.454. The molecular formula is C21H28N2O3. The Morgan fingerprint density at radius 1 is 1.04 bits per heavy atom. The van der Waals surface area contributed by atoms with Gasteiger partial charge >= 0.3 is 0 Å². The fourth-order valence-electron chi connectivity index (χ4n) is 6.11. The number of nitrogens with one attached hydrogen (secondary N) is 2. The van der Waals surface area contributed by atoms with Gasteiger partial charge in [-0.3, -0.25) is 9.59 Å². The average Bonchev–Trinajstić information content (AvgIpc) is 2.63. The van der Waals surface area contributed by atoms with E-state index >= 15 is 0 Å². The van der Waals surface area contributed by atoms with Crippen molar-refractivity contribution in [1.82, 2.24) is 10.6 Å². The van der Waals surface area contributed by atoms with Crippen LogP contribution in [0.15, 0.2) is 30.3 Å². The molecule has 1 aromatic carbocycles. The maximum Gasteiger partial charge on any atom is 0.251 e. The molecule has 0 spiro atoms. The van der Waals surface area contributed by atoms with Crippen molar-refractivity contribution in [1.29, 1.82) is 0 Å². The molecule has 0 saturated heterocycles. The Kier molecular flexibility index (Phi) is 4.74. The minimum Gasteiger partial charge on any atom is -0.395 e. The van der Waals surface area contributed by atoms with Crippen LogP contribution in [0.4, 0.5) is 0 Å². The Labute approximate surface area is 154 Å². The zero-order valence-corrected chi connectivity index (χ0v) is 15.1. The van der Waals surface area contributed by atoms with Crippen molar-refractivity contribution in [2.45, 2.75) is 44.6 Å². The van der Waals surface area contributed by atoms with E-state index in [9.17, 15) is 9.59 Å². The zero-order valence-electron chi connectivity index (χ0n) is 15.1. The number of carbonyl (C=O) groups excluding carboxylic acids is 2. The van der Waals surface area contributed by atoms with Crippen molar-refractivity contribution in [3.63, 3.8) is 0 Å². The monoisotopic (exact) mass is 356 g/mol. The lowest BCUT2D eigenvalue weighted by Gasteiger charge is -2.58. The third-order valence-corrected chi connectivity index (χ3v) is 6.68. The van der Waals surface area contributed by atoms with Gasteiger partial charge in [-0.15, -0.1) is 0 Å². The lowest BCUT2D eigenvalue weighted by Crippen LogP contribution is -2.62. The molecule has 140 valence electrons. The SMILES string of the molecule is O=C(N[C@@H](C(=O)NCCO)C12CC3CC(CC(C3)C1)C2)c1ccccc1. The number of benzene rings is 1. The van der Waals surface area contributed by atoms with Crippen molar-refractivity contribution in [3.05, 3.63) is 35.9 Å². The summed E-state index contributed by atoms with van der Waals surface area (Å²) in [5, 5.41) is 15.0. The first-order valence-corrected chi connectivity index (χ1v) is 9.84. The molecule has 0 heterocycles. The molecule has 5 heteroatoms. The van der Waals surface area contributed by atoms with Gasteiger partial charge in [0.05, 0.1) is 6.61 Å². The van der Waals surface area contributed by atoms with Gasteiger partial charge in [0.15, 0.2) is 0 Å². The molecule has 0 radical (unpaired) electrons. The highest BCUT2D eigenvalue weighted by Crippen LogP contribution is 2.61.